The summed E-state index contributed by atoms with van der Waals surface area (Å²) in [6.07, 6.45) is 1.86. The largest absolute Gasteiger partial charge is 0.508 e. The van der Waals surface area contributed by atoms with Crippen LogP contribution in [0.2, 0.25) is 0 Å². The summed E-state index contributed by atoms with van der Waals surface area (Å²) in [7, 11) is 0. The Morgan fingerprint density at radius 1 is 0.778 bits per heavy atom. The van der Waals surface area contributed by atoms with Gasteiger partial charge in [-0.25, -0.2) is 0 Å². The van der Waals surface area contributed by atoms with Gasteiger partial charge in [-0.2, -0.15) is 0 Å². The van der Waals surface area contributed by atoms with Crippen molar-refractivity contribution in [1.29, 1.82) is 0 Å². The standard InChI is InChI=1S/C26H35N5O5/c1-17(32)29-23(16-19-10-12-20(33)13-11-19)26(36)30-21(9-5-6-14-27)25(35)31-22(24(28)34)15-18-7-3-2-4-8-18/h2-4,7-8,10-13,21-23,33H,5-6,9,14-16,27H2,1H3,(H2,28,34)(H,29,32)(H,30,36)(H,31,35)/t21-,22?,23?/m1/s1. The number of benzene rings is 2. The van der Waals surface area contributed by atoms with Crippen LogP contribution in [0.15, 0.2) is 54.6 Å². The molecule has 10 nitrogen and oxygen atoms in total. The molecular formula is C26H35N5O5. The number of nitrogens with two attached hydrogens (primary N) is 2. The number of primary amides is 1. The lowest BCUT2D eigenvalue weighted by Crippen LogP contribution is -2.57. The van der Waals surface area contributed by atoms with Crippen molar-refractivity contribution >= 4 is 23.6 Å². The molecule has 0 spiro atoms. The van der Waals surface area contributed by atoms with Crippen LogP contribution in [0.25, 0.3) is 0 Å². The lowest BCUT2D eigenvalue weighted by Gasteiger charge is -2.25. The van der Waals surface area contributed by atoms with Crippen LogP contribution < -0.4 is 27.4 Å². The zero-order chi connectivity index (χ0) is 26.5. The SMILES string of the molecule is CC(=O)NC(Cc1ccc(O)cc1)C(=O)N[C@H](CCCCN)C(=O)NC(Cc1ccccc1)C(N)=O. The molecule has 4 amide bonds. The molecule has 36 heavy (non-hydrogen) atoms. The van der Waals surface area contributed by atoms with Gasteiger partial charge in [0.05, 0.1) is 0 Å². The van der Waals surface area contributed by atoms with Crippen molar-refractivity contribution in [3.8, 4) is 5.75 Å². The molecule has 0 aliphatic carbocycles. The van der Waals surface area contributed by atoms with Gasteiger partial charge in [-0.3, -0.25) is 19.2 Å². The van der Waals surface area contributed by atoms with Gasteiger partial charge in [0.15, 0.2) is 0 Å². The number of carbonyl (C=O) groups is 4. The summed E-state index contributed by atoms with van der Waals surface area (Å²) in [6, 6.07) is 12.5. The van der Waals surface area contributed by atoms with Gasteiger partial charge < -0.3 is 32.5 Å². The summed E-state index contributed by atoms with van der Waals surface area (Å²) in [4.78, 5) is 50.1. The molecule has 10 heteroatoms. The Morgan fingerprint density at radius 3 is 1.92 bits per heavy atom. The first-order valence-electron chi connectivity index (χ1n) is 11.9. The van der Waals surface area contributed by atoms with E-state index in [0.29, 0.717) is 24.9 Å². The smallest absolute Gasteiger partial charge is 0.243 e. The normalized spacial score (nSPS) is 13.2. The van der Waals surface area contributed by atoms with Crippen LogP contribution in [0.4, 0.5) is 0 Å². The van der Waals surface area contributed by atoms with Crippen molar-refractivity contribution in [2.45, 2.75) is 57.2 Å². The van der Waals surface area contributed by atoms with E-state index in [4.69, 9.17) is 11.5 Å². The Morgan fingerprint density at radius 2 is 1.33 bits per heavy atom. The molecule has 3 atom stereocenters. The summed E-state index contributed by atoms with van der Waals surface area (Å²) in [5.41, 5.74) is 12.7. The maximum Gasteiger partial charge on any atom is 0.243 e. The molecule has 8 N–H and O–H groups in total. The minimum absolute atomic E-state index is 0.0791. The Balaban J connectivity index is 2.15. The average molecular weight is 498 g/mol. The summed E-state index contributed by atoms with van der Waals surface area (Å²) in [5.74, 6) is -2.12. The van der Waals surface area contributed by atoms with Crippen molar-refractivity contribution in [1.82, 2.24) is 16.0 Å². The number of hydrogen-bond acceptors (Lipinski definition) is 6. The number of rotatable bonds is 14. The van der Waals surface area contributed by atoms with E-state index >= 15 is 0 Å². The quantitative estimate of drug-likeness (QED) is 0.204. The lowest BCUT2D eigenvalue weighted by atomic mass is 10.0. The van der Waals surface area contributed by atoms with E-state index in [9.17, 15) is 24.3 Å². The molecule has 194 valence electrons. The fourth-order valence-corrected chi connectivity index (χ4v) is 3.70. The van der Waals surface area contributed by atoms with Crippen LogP contribution in [0.3, 0.4) is 0 Å². The second kappa shape index (κ2) is 14.5. The Bertz CT molecular complexity index is 1010. The molecule has 0 radical (unpaired) electrons. The Kier molecular flexibility index (Phi) is 11.4. The van der Waals surface area contributed by atoms with Crippen molar-refractivity contribution < 1.29 is 24.3 Å². The molecule has 0 saturated heterocycles. The fourth-order valence-electron chi connectivity index (χ4n) is 3.70. The molecular weight excluding hydrogens is 462 g/mol. The monoisotopic (exact) mass is 497 g/mol. The molecule has 2 aromatic carbocycles. The van der Waals surface area contributed by atoms with Crippen LogP contribution in [0, 0.1) is 0 Å². The predicted molar refractivity (Wildman–Crippen MR) is 136 cm³/mol. The van der Waals surface area contributed by atoms with Gasteiger partial charge >= 0.3 is 0 Å². The number of nitrogens with one attached hydrogen (secondary N) is 3. The van der Waals surface area contributed by atoms with Crippen LogP contribution >= 0.6 is 0 Å². The maximum absolute atomic E-state index is 13.1. The molecule has 0 aliphatic rings. The predicted octanol–water partition coefficient (Wildman–Crippen LogP) is 0.266. The van der Waals surface area contributed by atoms with Gasteiger partial charge in [-0.15, -0.1) is 0 Å². The minimum atomic E-state index is -0.961. The van der Waals surface area contributed by atoms with Crippen molar-refractivity contribution in [2.75, 3.05) is 6.54 Å². The number of phenolic OH excluding ortho intramolecular Hbond substituents is 1. The van der Waals surface area contributed by atoms with Crippen molar-refractivity contribution in [3.63, 3.8) is 0 Å². The molecule has 0 heterocycles. The van der Waals surface area contributed by atoms with E-state index in [-0.39, 0.29) is 25.0 Å². The molecule has 2 unspecified atom stereocenters. The zero-order valence-corrected chi connectivity index (χ0v) is 20.4. The van der Waals surface area contributed by atoms with Crippen molar-refractivity contribution in [2.24, 2.45) is 11.5 Å². The maximum atomic E-state index is 13.1. The number of carbonyl (C=O) groups excluding carboxylic acids is 4. The van der Waals surface area contributed by atoms with Crippen LogP contribution in [-0.4, -0.2) is 53.4 Å². The van der Waals surface area contributed by atoms with Crippen LogP contribution in [-0.2, 0) is 32.0 Å². The molecule has 0 fully saturated rings. The van der Waals surface area contributed by atoms with Crippen LogP contribution in [0.1, 0.15) is 37.3 Å². The Hall–Kier alpha value is -3.92. The number of phenols is 1. The van der Waals surface area contributed by atoms with Crippen molar-refractivity contribution in [3.05, 3.63) is 65.7 Å². The van der Waals surface area contributed by atoms with E-state index in [2.05, 4.69) is 16.0 Å². The molecule has 2 rings (SSSR count). The summed E-state index contributed by atoms with van der Waals surface area (Å²) < 4.78 is 0. The number of unbranched alkanes of at least 4 members (excludes halogenated alkanes) is 1. The molecule has 0 aliphatic heterocycles. The van der Waals surface area contributed by atoms with E-state index in [1.807, 2.05) is 30.3 Å². The number of amides is 4. The summed E-state index contributed by atoms with van der Waals surface area (Å²) in [5, 5.41) is 17.5. The highest BCUT2D eigenvalue weighted by atomic mass is 16.3. The van der Waals surface area contributed by atoms with Gasteiger partial charge in [0, 0.05) is 19.8 Å². The van der Waals surface area contributed by atoms with E-state index in [0.717, 1.165) is 5.56 Å². The highest BCUT2D eigenvalue weighted by Gasteiger charge is 2.28. The van der Waals surface area contributed by atoms with E-state index < -0.39 is 41.8 Å². The fraction of sp³-hybridized carbons (Fsp3) is 0.385. The van der Waals surface area contributed by atoms with Crippen LogP contribution in [0.5, 0.6) is 5.75 Å². The second-order valence-corrected chi connectivity index (χ2v) is 8.62. The van der Waals surface area contributed by atoms with E-state index in [1.54, 1.807) is 12.1 Å². The first kappa shape index (κ1) is 28.3. The number of aromatic hydroxyl groups is 1. The van der Waals surface area contributed by atoms with Gasteiger partial charge in [-0.05, 0) is 49.1 Å². The second-order valence-electron chi connectivity index (χ2n) is 8.62. The highest BCUT2D eigenvalue weighted by Crippen LogP contribution is 2.12. The minimum Gasteiger partial charge on any atom is -0.508 e. The highest BCUT2D eigenvalue weighted by molar-refractivity contribution is 5.94. The third-order valence-electron chi connectivity index (χ3n) is 5.59. The molecule has 0 bridgehead atoms. The molecule has 2 aromatic rings. The van der Waals surface area contributed by atoms with Gasteiger partial charge in [0.2, 0.25) is 23.6 Å². The van der Waals surface area contributed by atoms with Gasteiger partial charge in [-0.1, -0.05) is 42.5 Å². The lowest BCUT2D eigenvalue weighted by molar-refractivity contribution is -0.133. The first-order valence-corrected chi connectivity index (χ1v) is 11.9. The molecule has 0 aromatic heterocycles. The third-order valence-corrected chi connectivity index (χ3v) is 5.59. The topological polar surface area (TPSA) is 177 Å². The first-order chi connectivity index (χ1) is 17.2. The Labute approximate surface area is 210 Å². The summed E-state index contributed by atoms with van der Waals surface area (Å²) >= 11 is 0. The van der Waals surface area contributed by atoms with Gasteiger partial charge in [0.25, 0.3) is 0 Å². The number of hydrogen-bond donors (Lipinski definition) is 6. The summed E-state index contributed by atoms with van der Waals surface area (Å²) in [6.45, 7) is 1.72. The average Bonchev–Trinajstić information content (AvgIpc) is 2.84. The molecule has 0 saturated carbocycles. The third kappa shape index (κ3) is 9.75. The van der Waals surface area contributed by atoms with E-state index in [1.165, 1.54) is 19.1 Å². The van der Waals surface area contributed by atoms with Gasteiger partial charge in [0.1, 0.15) is 23.9 Å². The zero-order valence-electron chi connectivity index (χ0n) is 20.4.